The summed E-state index contributed by atoms with van der Waals surface area (Å²) in [7, 11) is 0. The Morgan fingerprint density at radius 2 is 1.63 bits per heavy atom. The van der Waals surface area contributed by atoms with Crippen LogP contribution in [0.15, 0.2) is 24.3 Å². The van der Waals surface area contributed by atoms with E-state index in [-0.39, 0.29) is 23.7 Å². The third-order valence-electron chi connectivity index (χ3n) is 3.76. The van der Waals surface area contributed by atoms with Gasteiger partial charge < -0.3 is 10.6 Å². The minimum atomic E-state index is -0.473. The van der Waals surface area contributed by atoms with Gasteiger partial charge in [0.15, 0.2) is 0 Å². The average Bonchev–Trinajstić information content (AvgIpc) is 2.93. The van der Waals surface area contributed by atoms with Gasteiger partial charge in [0.2, 0.25) is 17.7 Å². The van der Waals surface area contributed by atoms with Crippen LogP contribution < -0.4 is 16.0 Å². The molecule has 19 heavy (non-hydrogen) atoms. The molecule has 2 fully saturated rings. The van der Waals surface area contributed by atoms with Crippen molar-refractivity contribution in [2.24, 2.45) is 17.6 Å². The SMILES string of the molecule is NC(=O)c1ccc(N2C[C@@H]3C(=O)NC(=O)[C@@H]3C2)cc1. The molecule has 0 radical (unpaired) electrons. The number of nitrogens with two attached hydrogens (primary N) is 1. The summed E-state index contributed by atoms with van der Waals surface area (Å²) in [5.41, 5.74) is 6.51. The molecule has 2 aliphatic heterocycles. The lowest BCUT2D eigenvalue weighted by molar-refractivity contribution is -0.126. The molecule has 6 heteroatoms. The van der Waals surface area contributed by atoms with Crippen LogP contribution in [-0.4, -0.2) is 30.8 Å². The molecular formula is C13H13N3O3. The van der Waals surface area contributed by atoms with Crippen molar-refractivity contribution in [2.45, 2.75) is 0 Å². The molecule has 0 aliphatic carbocycles. The van der Waals surface area contributed by atoms with Gasteiger partial charge in [0, 0.05) is 24.3 Å². The first-order chi connectivity index (χ1) is 9.06. The number of carbonyl (C=O) groups excluding carboxylic acids is 3. The first-order valence-corrected chi connectivity index (χ1v) is 6.06. The van der Waals surface area contributed by atoms with Crippen molar-refractivity contribution < 1.29 is 14.4 Å². The fourth-order valence-electron chi connectivity index (χ4n) is 2.69. The number of carbonyl (C=O) groups is 3. The molecule has 3 amide bonds. The number of hydrogen-bond acceptors (Lipinski definition) is 4. The van der Waals surface area contributed by atoms with E-state index >= 15 is 0 Å². The third kappa shape index (κ3) is 1.85. The molecule has 0 spiro atoms. The van der Waals surface area contributed by atoms with Crippen LogP contribution in [0.4, 0.5) is 5.69 Å². The molecule has 0 saturated carbocycles. The van der Waals surface area contributed by atoms with Gasteiger partial charge in [-0.2, -0.15) is 0 Å². The van der Waals surface area contributed by atoms with Crippen molar-refractivity contribution in [3.8, 4) is 0 Å². The van der Waals surface area contributed by atoms with Crippen LogP contribution >= 0.6 is 0 Å². The van der Waals surface area contributed by atoms with Gasteiger partial charge in [-0.25, -0.2) is 0 Å². The number of primary amides is 1. The lowest BCUT2D eigenvalue weighted by Gasteiger charge is -2.19. The number of amides is 3. The maximum absolute atomic E-state index is 11.6. The topological polar surface area (TPSA) is 92.5 Å². The van der Waals surface area contributed by atoms with E-state index in [4.69, 9.17) is 5.73 Å². The fourth-order valence-corrected chi connectivity index (χ4v) is 2.69. The van der Waals surface area contributed by atoms with Crippen LogP contribution in [-0.2, 0) is 9.59 Å². The number of anilines is 1. The second-order valence-corrected chi connectivity index (χ2v) is 4.88. The second kappa shape index (κ2) is 4.08. The first-order valence-electron chi connectivity index (χ1n) is 6.06. The summed E-state index contributed by atoms with van der Waals surface area (Å²) in [5, 5.41) is 2.35. The van der Waals surface area contributed by atoms with Crippen LogP contribution in [0.1, 0.15) is 10.4 Å². The van der Waals surface area contributed by atoms with E-state index in [9.17, 15) is 14.4 Å². The maximum atomic E-state index is 11.6. The Morgan fingerprint density at radius 1 is 1.11 bits per heavy atom. The Hall–Kier alpha value is -2.37. The molecule has 3 N–H and O–H groups in total. The Balaban J connectivity index is 1.80. The number of imide groups is 1. The van der Waals surface area contributed by atoms with Gasteiger partial charge in [0.25, 0.3) is 0 Å². The number of fused-ring (bicyclic) bond motifs is 1. The van der Waals surface area contributed by atoms with E-state index in [1.54, 1.807) is 24.3 Å². The van der Waals surface area contributed by atoms with Crippen molar-refractivity contribution in [1.29, 1.82) is 0 Å². The first kappa shape index (κ1) is 11.7. The summed E-state index contributed by atoms with van der Waals surface area (Å²) in [6.45, 7) is 1.05. The van der Waals surface area contributed by atoms with Crippen LogP contribution in [0.3, 0.4) is 0 Å². The van der Waals surface area contributed by atoms with Crippen LogP contribution in [0.25, 0.3) is 0 Å². The van der Waals surface area contributed by atoms with E-state index in [0.29, 0.717) is 18.7 Å². The predicted octanol–water partition coefficient (Wildman–Crippen LogP) is -0.506. The molecule has 98 valence electrons. The lowest BCUT2D eigenvalue weighted by atomic mass is 10.00. The summed E-state index contributed by atoms with van der Waals surface area (Å²) >= 11 is 0. The molecule has 2 heterocycles. The van der Waals surface area contributed by atoms with Crippen LogP contribution in [0.2, 0.25) is 0 Å². The minimum Gasteiger partial charge on any atom is -0.370 e. The van der Waals surface area contributed by atoms with Gasteiger partial charge in [-0.05, 0) is 24.3 Å². The minimum absolute atomic E-state index is 0.189. The molecule has 2 atom stereocenters. The molecule has 0 aromatic heterocycles. The van der Waals surface area contributed by atoms with E-state index in [1.165, 1.54) is 0 Å². The smallest absolute Gasteiger partial charge is 0.248 e. The van der Waals surface area contributed by atoms with E-state index in [1.807, 2.05) is 4.90 Å². The highest BCUT2D eigenvalue weighted by atomic mass is 16.2. The Bertz CT molecular complexity index is 545. The normalized spacial score (nSPS) is 25.4. The average molecular weight is 259 g/mol. The van der Waals surface area contributed by atoms with Gasteiger partial charge in [0.1, 0.15) is 0 Å². The number of nitrogens with zero attached hydrogens (tertiary/aromatic N) is 1. The largest absolute Gasteiger partial charge is 0.370 e. The van der Waals surface area contributed by atoms with Crippen molar-refractivity contribution in [3.05, 3.63) is 29.8 Å². The van der Waals surface area contributed by atoms with Crippen molar-refractivity contribution in [1.82, 2.24) is 5.32 Å². The predicted molar refractivity (Wildman–Crippen MR) is 67.3 cm³/mol. The summed E-state index contributed by atoms with van der Waals surface area (Å²) in [4.78, 5) is 36.1. The van der Waals surface area contributed by atoms with Crippen molar-refractivity contribution in [3.63, 3.8) is 0 Å². The van der Waals surface area contributed by atoms with Gasteiger partial charge in [-0.15, -0.1) is 0 Å². The molecule has 0 bridgehead atoms. The third-order valence-corrected chi connectivity index (χ3v) is 3.76. The zero-order valence-electron chi connectivity index (χ0n) is 10.1. The molecule has 1 aromatic rings. The van der Waals surface area contributed by atoms with E-state index in [2.05, 4.69) is 5.32 Å². The summed E-state index contributed by atoms with van der Waals surface area (Å²) in [6.07, 6.45) is 0. The highest BCUT2D eigenvalue weighted by molar-refractivity contribution is 6.06. The molecule has 6 nitrogen and oxygen atoms in total. The number of benzene rings is 1. The number of hydrogen-bond donors (Lipinski definition) is 2. The molecule has 1 aromatic carbocycles. The van der Waals surface area contributed by atoms with Crippen molar-refractivity contribution in [2.75, 3.05) is 18.0 Å². The van der Waals surface area contributed by atoms with Gasteiger partial charge in [-0.3, -0.25) is 19.7 Å². The van der Waals surface area contributed by atoms with Crippen molar-refractivity contribution >= 4 is 23.4 Å². The quantitative estimate of drug-likeness (QED) is 0.700. The Kier molecular flexibility index (Phi) is 2.51. The summed E-state index contributed by atoms with van der Waals surface area (Å²) in [5.74, 6) is -1.37. The summed E-state index contributed by atoms with van der Waals surface area (Å²) < 4.78 is 0. The molecule has 0 unspecified atom stereocenters. The molecule has 3 rings (SSSR count). The van der Waals surface area contributed by atoms with Gasteiger partial charge in [0.05, 0.1) is 11.8 Å². The number of nitrogens with one attached hydrogen (secondary N) is 1. The molecule has 2 aliphatic rings. The second-order valence-electron chi connectivity index (χ2n) is 4.88. The molecular weight excluding hydrogens is 246 g/mol. The van der Waals surface area contributed by atoms with Gasteiger partial charge in [-0.1, -0.05) is 0 Å². The van der Waals surface area contributed by atoms with E-state index < -0.39 is 5.91 Å². The summed E-state index contributed by atoms with van der Waals surface area (Å²) in [6, 6.07) is 6.86. The van der Waals surface area contributed by atoms with Gasteiger partial charge >= 0.3 is 0 Å². The Labute approximate surface area is 109 Å². The zero-order valence-corrected chi connectivity index (χ0v) is 10.1. The highest BCUT2D eigenvalue weighted by Gasteiger charge is 2.47. The maximum Gasteiger partial charge on any atom is 0.248 e. The van der Waals surface area contributed by atoms with Crippen LogP contribution in [0.5, 0.6) is 0 Å². The fraction of sp³-hybridized carbons (Fsp3) is 0.308. The van der Waals surface area contributed by atoms with E-state index in [0.717, 1.165) is 5.69 Å². The Morgan fingerprint density at radius 3 is 2.11 bits per heavy atom. The monoisotopic (exact) mass is 259 g/mol. The number of rotatable bonds is 2. The highest BCUT2D eigenvalue weighted by Crippen LogP contribution is 2.31. The lowest BCUT2D eigenvalue weighted by Crippen LogP contribution is -2.31. The standard InChI is InChI=1S/C13H13N3O3/c14-11(17)7-1-3-8(4-2-7)16-5-9-10(6-16)13(19)15-12(9)18/h1-4,9-10H,5-6H2,(H2,14,17)(H,15,18,19)/t9-,10+. The molecule has 2 saturated heterocycles. The van der Waals surface area contributed by atoms with Crippen LogP contribution in [0, 0.1) is 11.8 Å². The zero-order chi connectivity index (χ0) is 13.6.